The Morgan fingerprint density at radius 2 is 0.867 bits per heavy atom. The zero-order valence-electron chi connectivity index (χ0n) is 51.9. The first-order valence-corrected chi connectivity index (χ1v) is 30.7. The fourth-order valence-electron chi connectivity index (χ4n) is 13.6. The molecule has 5 aromatic heterocycles. The topological polar surface area (TPSA) is 45.7 Å². The van der Waals surface area contributed by atoms with Crippen LogP contribution in [0.5, 0.6) is 11.5 Å². The number of hydrogen-bond donors (Lipinski definition) is 0. The summed E-state index contributed by atoms with van der Waals surface area (Å²) < 4.78 is 38.6. The average Bonchev–Trinajstić information content (AvgIpc) is 1.50. The third-order valence-corrected chi connectivity index (χ3v) is 17.4. The lowest BCUT2D eigenvalue weighted by Gasteiger charge is -2.22. The van der Waals surface area contributed by atoms with Crippen molar-refractivity contribution in [1.82, 2.24) is 23.3 Å². The van der Waals surface area contributed by atoms with E-state index in [1.807, 2.05) is 51.2 Å². The number of hydrogen-bond acceptors (Lipinski definition) is 2. The molecule has 0 N–H and O–H groups in total. The van der Waals surface area contributed by atoms with E-state index in [0.29, 0.717) is 28.4 Å². The third kappa shape index (κ3) is 9.04. The molecule has 0 atom stereocenters. The molecule has 0 aliphatic heterocycles. The molecule has 17 rings (SSSR count). The minimum Gasteiger partial charge on any atom is -0.458 e. The molecule has 0 aliphatic rings. The first-order chi connectivity index (χ1) is 45.0. The minimum atomic E-state index is -1.85. The molecule has 7 nitrogen and oxygen atoms in total. The molecule has 0 radical (unpaired) electrons. The number of nitrogens with zero attached hydrogens (tertiary/aromatic N) is 6. The zero-order chi connectivity index (χ0) is 61.8. The Labute approximate surface area is 524 Å². The second-order valence-electron chi connectivity index (χ2n) is 24.3. The van der Waals surface area contributed by atoms with Crippen LogP contribution in [-0.2, 0) is 6.37 Å². The molecule has 0 aliphatic carbocycles. The van der Waals surface area contributed by atoms with E-state index < -0.39 is 11.8 Å². The van der Waals surface area contributed by atoms with E-state index in [-0.39, 0.29) is 0 Å². The number of aromatic nitrogens is 6. The van der Waals surface area contributed by atoms with Gasteiger partial charge < -0.3 is 13.9 Å². The van der Waals surface area contributed by atoms with Crippen LogP contribution in [0.1, 0.15) is 29.1 Å². The molecule has 12 aromatic carbocycles. The molecule has 0 unspecified atom stereocenters. The minimum absolute atomic E-state index is 0.536. The van der Waals surface area contributed by atoms with Gasteiger partial charge in [-0.3, -0.25) is 13.7 Å². The lowest BCUT2D eigenvalue weighted by Crippen LogP contribution is -2.29. The summed E-state index contributed by atoms with van der Waals surface area (Å²) in [5.74, 6) is 1.89. The molecule has 0 saturated carbocycles. The molecular formula is C83H60N6O. The van der Waals surface area contributed by atoms with E-state index in [1.54, 1.807) is 0 Å². The van der Waals surface area contributed by atoms with Gasteiger partial charge in [0.1, 0.15) is 17.3 Å². The number of imidazole rings is 1. The number of benzene rings is 12. The van der Waals surface area contributed by atoms with Gasteiger partial charge in [-0.05, 0) is 148 Å². The van der Waals surface area contributed by atoms with Gasteiger partial charge in [-0.25, -0.2) is 4.98 Å². The highest BCUT2D eigenvalue weighted by Crippen LogP contribution is 2.42. The van der Waals surface area contributed by atoms with Crippen LogP contribution >= 0.6 is 0 Å². The van der Waals surface area contributed by atoms with Crippen molar-refractivity contribution in [2.45, 2.75) is 27.1 Å². The molecule has 0 amide bonds. The normalized spacial score (nSPS) is 12.5. The van der Waals surface area contributed by atoms with Crippen molar-refractivity contribution in [3.05, 3.63) is 309 Å². The zero-order valence-corrected chi connectivity index (χ0v) is 49.9. The van der Waals surface area contributed by atoms with Crippen molar-refractivity contribution < 1.29 is 12.0 Å². The van der Waals surface area contributed by atoms with Crippen LogP contribution in [0.3, 0.4) is 0 Å². The maximum Gasteiger partial charge on any atom is 0.269 e. The van der Waals surface area contributed by atoms with Crippen molar-refractivity contribution in [3.63, 3.8) is 0 Å². The van der Waals surface area contributed by atoms with Crippen LogP contribution in [0.4, 0.5) is 0 Å². The van der Waals surface area contributed by atoms with E-state index in [1.165, 1.54) is 0 Å². The molecule has 0 spiro atoms. The van der Waals surface area contributed by atoms with Crippen LogP contribution in [0.2, 0.25) is 0 Å². The van der Waals surface area contributed by atoms with Gasteiger partial charge in [0.05, 0.1) is 55.5 Å². The van der Waals surface area contributed by atoms with Gasteiger partial charge in [0, 0.05) is 64.3 Å². The van der Waals surface area contributed by atoms with E-state index in [4.69, 9.17) is 9.72 Å². The quantitative estimate of drug-likeness (QED) is 0.0957. The van der Waals surface area contributed by atoms with Gasteiger partial charge >= 0.3 is 0 Å². The number of fused-ring (bicyclic) bond motifs is 10. The number of para-hydroxylation sites is 7. The maximum absolute atomic E-state index is 10.3. The van der Waals surface area contributed by atoms with Crippen LogP contribution in [-0.4, -0.2) is 23.3 Å². The summed E-state index contributed by atoms with van der Waals surface area (Å²) in [7, 11) is 0. The van der Waals surface area contributed by atoms with Gasteiger partial charge in [0.25, 0.3) is 6.33 Å². The standard InChI is InChI=1S/C83H60N6O/c1-83(2,3)52-60-48-82(84-53-73(60)59-46-63(87-74-34-15-10-29-67(74)68-30-11-16-35-75(68)87)49-64(47-59)88-76-36-17-12-31-69(76)70-32-13-18-37-77(70)88)89-78-38-19-14-33-71(78)72-42-41-66(51-81(72)89)90-65-28-22-27-61(50-65)85-54-86(80-40-21-20-39-79(80)85)62-44-57(55-23-6-4-7-24-55)43-58(45-62)56-25-8-5-9-26-56/h4-51,53H,52H2,1-3H3/i52D2. The van der Waals surface area contributed by atoms with E-state index >= 15 is 0 Å². The van der Waals surface area contributed by atoms with E-state index in [0.717, 1.165) is 127 Å². The highest BCUT2D eigenvalue weighted by atomic mass is 16.5. The molecule has 428 valence electrons. The summed E-state index contributed by atoms with van der Waals surface area (Å²) in [5, 5.41) is 6.71. The molecule has 0 fully saturated rings. The first-order valence-electron chi connectivity index (χ1n) is 31.7. The Morgan fingerprint density at radius 3 is 1.41 bits per heavy atom. The molecule has 5 heterocycles. The number of rotatable bonds is 11. The number of pyridine rings is 1. The third-order valence-electron chi connectivity index (χ3n) is 17.4. The lowest BCUT2D eigenvalue weighted by atomic mass is 9.85. The van der Waals surface area contributed by atoms with Crippen molar-refractivity contribution >= 4 is 76.5 Å². The molecular weight excluding hydrogens is 1100 g/mol. The van der Waals surface area contributed by atoms with Crippen molar-refractivity contribution in [2.75, 3.05) is 0 Å². The largest absolute Gasteiger partial charge is 0.458 e. The molecule has 0 bridgehead atoms. The van der Waals surface area contributed by atoms with Crippen LogP contribution in [0.15, 0.2) is 297 Å². The van der Waals surface area contributed by atoms with E-state index in [9.17, 15) is 2.74 Å². The van der Waals surface area contributed by atoms with Crippen LogP contribution in [0.25, 0.3) is 138 Å². The predicted molar refractivity (Wildman–Crippen MR) is 370 cm³/mol. The summed E-state index contributed by atoms with van der Waals surface area (Å²) in [6, 6.07) is 102. The Morgan fingerprint density at radius 1 is 0.389 bits per heavy atom. The Balaban J connectivity index is 0.800. The van der Waals surface area contributed by atoms with Gasteiger partial charge in [0.2, 0.25) is 0 Å². The predicted octanol–water partition coefficient (Wildman–Crippen LogP) is 20.8. The summed E-state index contributed by atoms with van der Waals surface area (Å²) in [5.41, 5.74) is 17.7. The smallest absolute Gasteiger partial charge is 0.269 e. The van der Waals surface area contributed by atoms with Gasteiger partial charge in [-0.1, -0.05) is 203 Å². The van der Waals surface area contributed by atoms with Gasteiger partial charge in [0.15, 0.2) is 0 Å². The average molecular weight is 1160 g/mol. The summed E-state index contributed by atoms with van der Waals surface area (Å²) in [6.45, 7) is 5.94. The van der Waals surface area contributed by atoms with Crippen molar-refractivity contribution in [3.8, 4) is 73.4 Å². The second-order valence-corrected chi connectivity index (χ2v) is 24.3. The molecule has 90 heavy (non-hydrogen) atoms. The summed E-state index contributed by atoms with van der Waals surface area (Å²) in [4.78, 5) is 5.42. The second kappa shape index (κ2) is 21.1. The molecule has 7 heteroatoms. The highest BCUT2D eigenvalue weighted by molar-refractivity contribution is 6.12. The molecule has 17 aromatic rings. The monoisotopic (exact) mass is 1160 g/mol. The van der Waals surface area contributed by atoms with Crippen molar-refractivity contribution in [2.24, 2.45) is 5.41 Å². The Hall–Kier alpha value is -11.5. The highest BCUT2D eigenvalue weighted by Gasteiger charge is 2.24. The van der Waals surface area contributed by atoms with Crippen molar-refractivity contribution in [1.29, 1.82) is 0 Å². The SMILES string of the molecule is [2H]C([2H])(c1cc(-n2c3ccccc3c3ccc(Oc4cccc(-n5[c-][n+](-c6cc(-c7ccccc7)cc(-c7ccccc7)c6)c6ccccc65)c4)cc32)ncc1-c1cc(-n2c3ccccc3c3ccccc32)cc(-n2c3ccccc3c3ccccc32)c1)C(C)(C)C. The Bertz CT molecular complexity index is 5470. The molecule has 0 saturated heterocycles. The summed E-state index contributed by atoms with van der Waals surface area (Å²) >= 11 is 0. The van der Waals surface area contributed by atoms with Gasteiger partial charge in [-0.15, -0.1) is 0 Å². The lowest BCUT2D eigenvalue weighted by molar-refractivity contribution is -0.572. The fourth-order valence-corrected chi connectivity index (χ4v) is 13.6. The van der Waals surface area contributed by atoms with Crippen LogP contribution < -0.4 is 9.30 Å². The fraction of sp³-hybridized carbons (Fsp3) is 0.0602. The number of ether oxygens (including phenoxy) is 1. The Kier molecular flexibility index (Phi) is 11.9. The maximum atomic E-state index is 10.3. The van der Waals surface area contributed by atoms with Crippen LogP contribution in [0, 0.1) is 11.7 Å². The summed E-state index contributed by atoms with van der Waals surface area (Å²) in [6.07, 6.45) is 3.80. The van der Waals surface area contributed by atoms with Gasteiger partial charge in [-0.2, -0.15) is 0 Å². The van der Waals surface area contributed by atoms with E-state index in [2.05, 4.69) is 296 Å². The first kappa shape index (κ1) is 50.6.